The standard InChI is InChI=1S/C49H79N3O4/c1-34(2)43-29-40-30-47(33-53)42-12-11-35(3)41(42)31-48(40,49(43,47)46(54)55)45-28-39(27-38-9-5-6-10-38)44(56-45)32-52-25-17-37(18-26-52)16-24-51-22-14-36(15-23-51)13-21-50-19-7-4-8-20-50/h29,33-42,44-45H,4-28,30-32H2,1-3H3,(H,54,55)/t35-,39+,40?,41-,42-,44+,45-,47?,48?,49?/m1/s1. The molecule has 4 saturated heterocycles. The van der Waals surface area contributed by atoms with Gasteiger partial charge in [-0.05, 0) is 189 Å². The molecule has 0 aromatic carbocycles. The Morgan fingerprint density at radius 3 is 2.09 bits per heavy atom. The van der Waals surface area contributed by atoms with Crippen molar-refractivity contribution in [1.82, 2.24) is 14.7 Å². The van der Waals surface area contributed by atoms with E-state index in [1.807, 2.05) is 0 Å². The highest BCUT2D eigenvalue weighted by molar-refractivity contribution is 5.90. The van der Waals surface area contributed by atoms with Gasteiger partial charge in [0.2, 0.25) is 0 Å². The van der Waals surface area contributed by atoms with Crippen molar-refractivity contribution >= 4 is 12.3 Å². The second-order valence-corrected chi connectivity index (χ2v) is 21.9. The number of piperidine rings is 3. The molecule has 7 nitrogen and oxygen atoms in total. The number of allylic oxidation sites excluding steroid dienone is 1. The number of ether oxygens (including phenoxy) is 1. The highest BCUT2D eigenvalue weighted by Crippen LogP contribution is 2.84. The molecule has 4 saturated carbocycles. The summed E-state index contributed by atoms with van der Waals surface area (Å²) < 4.78 is 7.56. The van der Waals surface area contributed by atoms with Gasteiger partial charge in [-0.3, -0.25) is 4.79 Å². The second-order valence-electron chi connectivity index (χ2n) is 21.9. The monoisotopic (exact) mass is 774 g/mol. The number of carbonyl (C=O) groups is 2. The second kappa shape index (κ2) is 16.3. The van der Waals surface area contributed by atoms with Gasteiger partial charge in [0.05, 0.1) is 17.6 Å². The average Bonchev–Trinajstić information content (AvgIpc) is 4.04. The van der Waals surface area contributed by atoms with Crippen molar-refractivity contribution in [3.63, 3.8) is 0 Å². The predicted octanol–water partition coefficient (Wildman–Crippen LogP) is 8.96. The zero-order chi connectivity index (χ0) is 38.7. The summed E-state index contributed by atoms with van der Waals surface area (Å²) in [6.45, 7) is 18.0. The fraction of sp³-hybridized carbons (Fsp3) is 0.918. The zero-order valence-corrected chi connectivity index (χ0v) is 35.8. The van der Waals surface area contributed by atoms with Gasteiger partial charge in [0.15, 0.2) is 0 Å². The van der Waals surface area contributed by atoms with E-state index in [0.29, 0.717) is 17.8 Å². The molecule has 56 heavy (non-hydrogen) atoms. The van der Waals surface area contributed by atoms with Gasteiger partial charge in [-0.1, -0.05) is 70.9 Å². The van der Waals surface area contributed by atoms with E-state index in [4.69, 9.17) is 4.74 Å². The molecule has 10 atom stereocenters. The van der Waals surface area contributed by atoms with Gasteiger partial charge < -0.3 is 29.3 Å². The molecule has 4 aliphatic heterocycles. The van der Waals surface area contributed by atoms with Crippen LogP contribution in [0.5, 0.6) is 0 Å². The minimum atomic E-state index is -1.13. The molecule has 8 fully saturated rings. The number of hydrogen-bond donors (Lipinski definition) is 1. The first-order valence-electron chi connectivity index (χ1n) is 24.4. The Hall–Kier alpha value is -1.28. The van der Waals surface area contributed by atoms with E-state index in [0.717, 1.165) is 62.0 Å². The fourth-order valence-corrected chi connectivity index (χ4v) is 16.2. The Morgan fingerprint density at radius 2 is 1.46 bits per heavy atom. The van der Waals surface area contributed by atoms with Crippen LogP contribution < -0.4 is 0 Å². The molecule has 4 bridgehead atoms. The molecule has 4 unspecified atom stereocenters. The number of likely N-dealkylation sites (tertiary alicyclic amines) is 3. The first kappa shape index (κ1) is 40.1. The van der Waals surface area contributed by atoms with Crippen molar-refractivity contribution in [2.24, 2.45) is 69.5 Å². The number of carbonyl (C=O) groups excluding carboxylic acids is 1. The molecule has 0 aromatic heterocycles. The topological polar surface area (TPSA) is 73.3 Å². The maximum Gasteiger partial charge on any atom is 0.315 e. The van der Waals surface area contributed by atoms with Crippen molar-refractivity contribution in [1.29, 1.82) is 0 Å². The van der Waals surface area contributed by atoms with Crippen LogP contribution in [0.3, 0.4) is 0 Å². The minimum absolute atomic E-state index is 0.0884. The summed E-state index contributed by atoms with van der Waals surface area (Å²) >= 11 is 0. The fourth-order valence-electron chi connectivity index (χ4n) is 16.2. The third-order valence-corrected chi connectivity index (χ3v) is 19.1. The molecule has 5 aliphatic carbocycles. The van der Waals surface area contributed by atoms with Gasteiger partial charge in [-0.15, -0.1) is 0 Å². The first-order chi connectivity index (χ1) is 27.2. The lowest BCUT2D eigenvalue weighted by Gasteiger charge is -2.60. The van der Waals surface area contributed by atoms with Crippen molar-refractivity contribution < 1.29 is 19.4 Å². The summed E-state index contributed by atoms with van der Waals surface area (Å²) in [4.78, 5) is 36.3. The highest BCUT2D eigenvalue weighted by atomic mass is 16.5. The van der Waals surface area contributed by atoms with Crippen molar-refractivity contribution in [2.45, 2.75) is 155 Å². The lowest BCUT2D eigenvalue weighted by Crippen LogP contribution is -2.65. The number of aldehydes is 1. The molecule has 0 spiro atoms. The summed E-state index contributed by atoms with van der Waals surface area (Å²) in [5, 5.41) is 11.7. The number of fused-ring (bicyclic) bond motifs is 2. The minimum Gasteiger partial charge on any atom is -0.481 e. The van der Waals surface area contributed by atoms with E-state index in [-0.39, 0.29) is 30.0 Å². The predicted molar refractivity (Wildman–Crippen MR) is 223 cm³/mol. The Labute approximate surface area is 340 Å². The van der Waals surface area contributed by atoms with Crippen LogP contribution in [0.1, 0.15) is 143 Å². The lowest BCUT2D eigenvalue weighted by molar-refractivity contribution is -0.197. The summed E-state index contributed by atoms with van der Waals surface area (Å²) in [6.07, 6.45) is 27.5. The van der Waals surface area contributed by atoms with Crippen LogP contribution >= 0.6 is 0 Å². The smallest absolute Gasteiger partial charge is 0.315 e. The zero-order valence-electron chi connectivity index (χ0n) is 35.8. The molecule has 0 amide bonds. The Kier molecular flexibility index (Phi) is 11.7. The number of rotatable bonds is 14. The van der Waals surface area contributed by atoms with Gasteiger partial charge in [0.1, 0.15) is 11.7 Å². The molecule has 4 heterocycles. The third kappa shape index (κ3) is 6.64. The first-order valence-corrected chi connectivity index (χ1v) is 24.4. The number of carboxylic acid groups (broad SMARTS) is 1. The van der Waals surface area contributed by atoms with E-state index in [2.05, 4.69) is 41.5 Å². The molecule has 0 aromatic rings. The van der Waals surface area contributed by atoms with Gasteiger partial charge in [0.25, 0.3) is 0 Å². The van der Waals surface area contributed by atoms with Crippen LogP contribution in [0.15, 0.2) is 11.6 Å². The van der Waals surface area contributed by atoms with Crippen molar-refractivity contribution in [3.05, 3.63) is 11.6 Å². The Bertz CT molecular complexity index is 1420. The van der Waals surface area contributed by atoms with Gasteiger partial charge in [-0.2, -0.15) is 0 Å². The average molecular weight is 774 g/mol. The quantitative estimate of drug-likeness (QED) is 0.140. The maximum atomic E-state index is 14.3. The van der Waals surface area contributed by atoms with Crippen molar-refractivity contribution in [3.8, 4) is 0 Å². The molecule has 0 radical (unpaired) electrons. The summed E-state index contributed by atoms with van der Waals surface area (Å²) in [6, 6.07) is 0. The molecule has 1 N–H and O–H groups in total. The van der Waals surface area contributed by atoms with Crippen molar-refractivity contribution in [2.75, 3.05) is 58.9 Å². The largest absolute Gasteiger partial charge is 0.481 e. The van der Waals surface area contributed by atoms with Gasteiger partial charge >= 0.3 is 5.97 Å². The van der Waals surface area contributed by atoms with E-state index in [1.54, 1.807) is 0 Å². The molecular formula is C49H79N3O4. The van der Waals surface area contributed by atoms with E-state index in [9.17, 15) is 14.7 Å². The van der Waals surface area contributed by atoms with Crippen LogP contribution in [-0.2, 0) is 14.3 Å². The summed E-state index contributed by atoms with van der Waals surface area (Å²) in [5.41, 5.74) is -1.40. The lowest BCUT2D eigenvalue weighted by atomic mass is 9.41. The SMILES string of the molecule is CC(C)C1=CC2CC3(C=O)[C@@H]4CC[C@@H](C)[C@H]4CC2([C@H]2C[C@H](CC4CCCC4)[C@H](CN4CCC(CCN5CCC(CCN6CCCCC6)CC5)CC4)O2)C13C(=O)O. The number of carboxylic acids is 1. The van der Waals surface area contributed by atoms with Gasteiger partial charge in [-0.25, -0.2) is 0 Å². The molecular weight excluding hydrogens is 695 g/mol. The van der Waals surface area contributed by atoms with Gasteiger partial charge in [0, 0.05) is 12.0 Å². The molecule has 9 rings (SSSR count). The van der Waals surface area contributed by atoms with Crippen LogP contribution in [0.4, 0.5) is 0 Å². The number of nitrogens with zero attached hydrogens (tertiary/aromatic N) is 3. The van der Waals surface area contributed by atoms with E-state index in [1.165, 1.54) is 149 Å². The van der Waals surface area contributed by atoms with Crippen LogP contribution in [-0.4, -0.2) is 103 Å². The van der Waals surface area contributed by atoms with Crippen LogP contribution in [0, 0.1) is 69.5 Å². The maximum absolute atomic E-state index is 14.3. The number of aliphatic carboxylic acids is 1. The van der Waals surface area contributed by atoms with E-state index >= 15 is 0 Å². The molecule has 7 heteroatoms. The Balaban J connectivity index is 0.852. The summed E-state index contributed by atoms with van der Waals surface area (Å²) in [7, 11) is 0. The third-order valence-electron chi connectivity index (χ3n) is 19.1. The molecule has 9 aliphatic rings. The highest BCUT2D eigenvalue weighted by Gasteiger charge is 2.86. The van der Waals surface area contributed by atoms with Crippen LogP contribution in [0.2, 0.25) is 0 Å². The number of hydrogen-bond acceptors (Lipinski definition) is 6. The Morgan fingerprint density at radius 1 is 0.821 bits per heavy atom. The van der Waals surface area contributed by atoms with E-state index < -0.39 is 22.2 Å². The molecule has 314 valence electrons. The normalized spacial score (nSPS) is 42.9. The summed E-state index contributed by atoms with van der Waals surface area (Å²) in [5.74, 6) is 3.69. The van der Waals surface area contributed by atoms with Crippen LogP contribution in [0.25, 0.3) is 0 Å².